The molecule has 2 aromatic heterocycles. The molecule has 4 heterocycles. The van der Waals surface area contributed by atoms with E-state index in [-0.39, 0.29) is 24.7 Å². The Kier molecular flexibility index (Phi) is 5.27. The summed E-state index contributed by atoms with van der Waals surface area (Å²) in [5, 5.41) is 19.6. The fraction of sp³-hybridized carbons (Fsp3) is 0.611. The maximum absolute atomic E-state index is 12.3. The van der Waals surface area contributed by atoms with Gasteiger partial charge in [0, 0.05) is 37.9 Å². The Morgan fingerprint density at radius 1 is 1.41 bits per heavy atom. The Morgan fingerprint density at radius 3 is 2.93 bits per heavy atom. The fourth-order valence-corrected chi connectivity index (χ4v) is 5.01. The minimum atomic E-state index is -0.305. The summed E-state index contributed by atoms with van der Waals surface area (Å²) in [4.78, 5) is 16.5. The zero-order valence-electron chi connectivity index (χ0n) is 15.4. The van der Waals surface area contributed by atoms with Crippen molar-refractivity contribution in [1.82, 2.24) is 20.4 Å². The third-order valence-corrected chi connectivity index (χ3v) is 6.41. The molecular weight excluding hydrogens is 368 g/mol. The van der Waals surface area contributed by atoms with Crippen LogP contribution in [0.3, 0.4) is 0 Å². The summed E-state index contributed by atoms with van der Waals surface area (Å²) in [6.45, 7) is 5.11. The molecule has 1 spiro atoms. The van der Waals surface area contributed by atoms with Gasteiger partial charge in [-0.05, 0) is 24.5 Å². The lowest BCUT2D eigenvalue weighted by atomic mass is 9.82. The van der Waals surface area contributed by atoms with Gasteiger partial charge in [0.1, 0.15) is 0 Å². The van der Waals surface area contributed by atoms with E-state index in [1.165, 1.54) is 10.4 Å². The van der Waals surface area contributed by atoms with Gasteiger partial charge in [-0.2, -0.15) is 0 Å². The van der Waals surface area contributed by atoms with Crippen LogP contribution < -0.4 is 5.32 Å². The summed E-state index contributed by atoms with van der Waals surface area (Å²) in [6, 6.07) is 1.99. The van der Waals surface area contributed by atoms with E-state index >= 15 is 0 Å². The molecule has 4 rings (SSSR count). The summed E-state index contributed by atoms with van der Waals surface area (Å²) < 4.78 is 11.8. The molecule has 1 saturated heterocycles. The maximum atomic E-state index is 12.3. The molecule has 27 heavy (non-hydrogen) atoms. The van der Waals surface area contributed by atoms with Gasteiger partial charge < -0.3 is 19.6 Å². The second-order valence-electron chi connectivity index (χ2n) is 7.01. The number of piperidine rings is 1. The Hall–Kier alpha value is -1.81. The number of fused-ring (bicyclic) bond motifs is 2. The van der Waals surface area contributed by atoms with Crippen LogP contribution in [0.25, 0.3) is 0 Å². The van der Waals surface area contributed by atoms with Crippen molar-refractivity contribution in [2.75, 3.05) is 32.8 Å². The molecule has 0 radical (unpaired) electrons. The van der Waals surface area contributed by atoms with E-state index in [9.17, 15) is 4.79 Å². The van der Waals surface area contributed by atoms with Gasteiger partial charge in [0.05, 0.1) is 30.2 Å². The van der Waals surface area contributed by atoms with Crippen molar-refractivity contribution in [3.8, 4) is 0 Å². The van der Waals surface area contributed by atoms with E-state index in [2.05, 4.69) is 20.4 Å². The molecule has 0 aliphatic carbocycles. The van der Waals surface area contributed by atoms with Crippen molar-refractivity contribution < 1.29 is 19.1 Å². The van der Waals surface area contributed by atoms with Crippen LogP contribution >= 0.6 is 11.3 Å². The number of rotatable bonds is 5. The van der Waals surface area contributed by atoms with Crippen molar-refractivity contribution in [3.05, 3.63) is 33.2 Å². The number of carbonyl (C=O) groups is 1. The van der Waals surface area contributed by atoms with Gasteiger partial charge >= 0.3 is 0 Å². The number of aliphatic hydroxyl groups excluding tert-OH is 1. The van der Waals surface area contributed by atoms with Crippen LogP contribution in [0.4, 0.5) is 0 Å². The highest BCUT2D eigenvalue weighted by molar-refractivity contribution is 7.14. The van der Waals surface area contributed by atoms with Crippen LogP contribution in [0.15, 0.2) is 10.5 Å². The van der Waals surface area contributed by atoms with E-state index in [1.807, 2.05) is 6.07 Å². The summed E-state index contributed by atoms with van der Waals surface area (Å²) in [7, 11) is 0. The molecule has 0 atom stereocenters. The molecule has 2 aromatic rings. The summed E-state index contributed by atoms with van der Waals surface area (Å²) >= 11 is 1.55. The number of aryl methyl sites for hydroxylation is 1. The third-order valence-electron chi connectivity index (χ3n) is 5.22. The molecule has 8 nitrogen and oxygen atoms in total. The number of nitrogens with zero attached hydrogens (tertiary/aromatic N) is 3. The standard InChI is InChI=1S/C18H24N4O4S/c1-12-20-21-16(26-12)11-22-6-3-18(4-7-22)13-10-15(17(24)19-5-8-23)27-14(13)2-9-25-18/h10,23H,2-9,11H2,1H3,(H,19,24). The zero-order valence-corrected chi connectivity index (χ0v) is 16.2. The molecule has 1 fully saturated rings. The van der Waals surface area contributed by atoms with E-state index in [1.54, 1.807) is 18.3 Å². The molecule has 2 N–H and O–H groups in total. The lowest BCUT2D eigenvalue weighted by Gasteiger charge is -2.43. The fourth-order valence-electron chi connectivity index (χ4n) is 3.86. The Labute approximate surface area is 161 Å². The van der Waals surface area contributed by atoms with Crippen molar-refractivity contribution in [1.29, 1.82) is 0 Å². The van der Waals surface area contributed by atoms with E-state index in [0.717, 1.165) is 32.4 Å². The minimum absolute atomic E-state index is 0.0563. The lowest BCUT2D eigenvalue weighted by Crippen LogP contribution is -2.45. The normalized spacial score (nSPS) is 19.2. The Morgan fingerprint density at radius 2 is 2.22 bits per heavy atom. The number of thiophene rings is 1. The first-order valence-electron chi connectivity index (χ1n) is 9.27. The highest BCUT2D eigenvalue weighted by Crippen LogP contribution is 2.44. The van der Waals surface area contributed by atoms with Gasteiger partial charge in [0.15, 0.2) is 0 Å². The second kappa shape index (κ2) is 7.67. The lowest BCUT2D eigenvalue weighted by molar-refractivity contribution is -0.0987. The Bertz CT molecular complexity index is 810. The number of carbonyl (C=O) groups excluding carboxylic acids is 1. The number of aliphatic hydroxyl groups is 1. The number of nitrogens with one attached hydrogen (secondary N) is 1. The average Bonchev–Trinajstić information content (AvgIpc) is 3.29. The van der Waals surface area contributed by atoms with Crippen molar-refractivity contribution in [2.24, 2.45) is 0 Å². The molecule has 1 amide bonds. The van der Waals surface area contributed by atoms with Gasteiger partial charge in [-0.1, -0.05) is 0 Å². The Balaban J connectivity index is 1.46. The van der Waals surface area contributed by atoms with Crippen LogP contribution in [-0.2, 0) is 23.3 Å². The van der Waals surface area contributed by atoms with Crippen LogP contribution in [0.2, 0.25) is 0 Å². The van der Waals surface area contributed by atoms with Gasteiger partial charge in [-0.3, -0.25) is 9.69 Å². The molecule has 2 aliphatic heterocycles. The quantitative estimate of drug-likeness (QED) is 0.789. The maximum Gasteiger partial charge on any atom is 0.261 e. The number of likely N-dealkylation sites (tertiary alicyclic amines) is 1. The monoisotopic (exact) mass is 392 g/mol. The van der Waals surface area contributed by atoms with Crippen LogP contribution in [0.1, 0.15) is 44.7 Å². The predicted molar refractivity (Wildman–Crippen MR) is 98.6 cm³/mol. The third kappa shape index (κ3) is 3.77. The highest BCUT2D eigenvalue weighted by atomic mass is 32.1. The van der Waals surface area contributed by atoms with E-state index < -0.39 is 0 Å². The molecule has 0 unspecified atom stereocenters. The zero-order chi connectivity index (χ0) is 18.9. The highest BCUT2D eigenvalue weighted by Gasteiger charge is 2.42. The SMILES string of the molecule is Cc1nnc(CN2CCC3(CC2)OCCc2sc(C(=O)NCCO)cc23)o1. The minimum Gasteiger partial charge on any atom is -0.424 e. The van der Waals surface area contributed by atoms with E-state index in [4.69, 9.17) is 14.3 Å². The number of ether oxygens (including phenoxy) is 1. The summed E-state index contributed by atoms with van der Waals surface area (Å²) in [5.74, 6) is 1.11. The summed E-state index contributed by atoms with van der Waals surface area (Å²) in [6.07, 6.45) is 2.60. The van der Waals surface area contributed by atoms with Gasteiger partial charge in [-0.15, -0.1) is 21.5 Å². The number of hydrogen-bond donors (Lipinski definition) is 2. The molecule has 2 aliphatic rings. The van der Waals surface area contributed by atoms with Crippen LogP contribution in [-0.4, -0.2) is 59.0 Å². The largest absolute Gasteiger partial charge is 0.424 e. The first-order valence-corrected chi connectivity index (χ1v) is 10.1. The average molecular weight is 392 g/mol. The first-order chi connectivity index (χ1) is 13.1. The number of aromatic nitrogens is 2. The molecule has 0 bridgehead atoms. The molecule has 0 saturated carbocycles. The van der Waals surface area contributed by atoms with Gasteiger partial charge in [0.2, 0.25) is 11.8 Å². The van der Waals surface area contributed by atoms with Gasteiger partial charge in [-0.25, -0.2) is 0 Å². The smallest absolute Gasteiger partial charge is 0.261 e. The summed E-state index contributed by atoms with van der Waals surface area (Å²) in [5.41, 5.74) is 0.863. The topological polar surface area (TPSA) is 101 Å². The number of amides is 1. The van der Waals surface area contributed by atoms with Gasteiger partial charge in [0.25, 0.3) is 5.91 Å². The second-order valence-corrected chi connectivity index (χ2v) is 8.15. The molecule has 9 heteroatoms. The first kappa shape index (κ1) is 18.5. The van der Waals surface area contributed by atoms with Crippen molar-refractivity contribution >= 4 is 17.2 Å². The molecular formula is C18H24N4O4S. The molecule has 0 aromatic carbocycles. The predicted octanol–water partition coefficient (Wildman–Crippen LogP) is 1.23. The van der Waals surface area contributed by atoms with E-state index in [0.29, 0.717) is 29.8 Å². The van der Waals surface area contributed by atoms with Crippen molar-refractivity contribution in [3.63, 3.8) is 0 Å². The molecule has 146 valence electrons. The van der Waals surface area contributed by atoms with Crippen LogP contribution in [0.5, 0.6) is 0 Å². The van der Waals surface area contributed by atoms with Crippen molar-refractivity contribution in [2.45, 2.75) is 38.3 Å². The van der Waals surface area contributed by atoms with Crippen LogP contribution in [0, 0.1) is 6.92 Å². The number of hydrogen-bond acceptors (Lipinski definition) is 8.